The lowest BCUT2D eigenvalue weighted by molar-refractivity contribution is 0.542. The predicted molar refractivity (Wildman–Crippen MR) is 72.0 cm³/mol. The van der Waals surface area contributed by atoms with Crippen molar-refractivity contribution in [2.75, 3.05) is 18.0 Å². The Morgan fingerprint density at radius 1 is 1.31 bits per heavy atom. The lowest BCUT2D eigenvalue weighted by Crippen LogP contribution is -2.29. The van der Waals surface area contributed by atoms with Gasteiger partial charge in [0, 0.05) is 30.8 Å². The van der Waals surface area contributed by atoms with Crippen molar-refractivity contribution in [3.63, 3.8) is 0 Å². The number of alkyl halides is 1. The lowest BCUT2D eigenvalue weighted by Gasteiger charge is -2.23. The molecule has 1 rings (SSSR count). The van der Waals surface area contributed by atoms with Crippen LogP contribution in [0.2, 0.25) is 0 Å². The summed E-state index contributed by atoms with van der Waals surface area (Å²) in [5, 5.41) is 0.810. The van der Waals surface area contributed by atoms with E-state index in [-0.39, 0.29) is 0 Å². The fraction of sp³-hybridized carbons (Fsp3) is 0.667. The van der Waals surface area contributed by atoms with E-state index in [1.54, 1.807) is 0 Å². The van der Waals surface area contributed by atoms with Crippen LogP contribution < -0.4 is 4.90 Å². The highest BCUT2D eigenvalue weighted by Gasteiger charge is 2.10. The maximum Gasteiger partial charge on any atom is 0.225 e. The molecular formula is C12H20BrN3. The second kappa shape index (κ2) is 6.84. The van der Waals surface area contributed by atoms with E-state index >= 15 is 0 Å². The van der Waals surface area contributed by atoms with Crippen molar-refractivity contribution < 1.29 is 0 Å². The van der Waals surface area contributed by atoms with Crippen LogP contribution in [0.5, 0.6) is 0 Å². The molecule has 1 aromatic heterocycles. The molecular weight excluding hydrogens is 266 g/mol. The quantitative estimate of drug-likeness (QED) is 0.752. The number of hydrogen-bond acceptors (Lipinski definition) is 3. The summed E-state index contributed by atoms with van der Waals surface area (Å²) < 4.78 is 0. The molecule has 4 heteroatoms. The first-order valence-corrected chi connectivity index (χ1v) is 6.95. The molecule has 1 atom stereocenters. The van der Waals surface area contributed by atoms with Crippen LogP contribution in [0.3, 0.4) is 0 Å². The molecule has 0 aliphatic rings. The van der Waals surface area contributed by atoms with Crippen molar-refractivity contribution in [3.8, 4) is 0 Å². The molecule has 0 saturated heterocycles. The normalized spacial score (nSPS) is 12.5. The van der Waals surface area contributed by atoms with Crippen molar-refractivity contribution in [1.29, 1.82) is 0 Å². The Labute approximate surface area is 106 Å². The van der Waals surface area contributed by atoms with Gasteiger partial charge in [0.15, 0.2) is 0 Å². The summed E-state index contributed by atoms with van der Waals surface area (Å²) in [5.74, 6) is 1.52. The largest absolute Gasteiger partial charge is 0.341 e. The van der Waals surface area contributed by atoms with Gasteiger partial charge in [0.2, 0.25) is 5.95 Å². The average Bonchev–Trinajstić information content (AvgIpc) is 2.35. The van der Waals surface area contributed by atoms with E-state index in [0.29, 0.717) is 5.92 Å². The number of nitrogens with zero attached hydrogens (tertiary/aromatic N) is 3. The molecule has 90 valence electrons. The Morgan fingerprint density at radius 3 is 2.38 bits per heavy atom. The van der Waals surface area contributed by atoms with Gasteiger partial charge in [-0.3, -0.25) is 0 Å². The Bertz CT molecular complexity index is 300. The van der Waals surface area contributed by atoms with E-state index in [0.717, 1.165) is 29.9 Å². The molecule has 3 nitrogen and oxygen atoms in total. The van der Waals surface area contributed by atoms with Crippen LogP contribution >= 0.6 is 15.9 Å². The Balaban J connectivity index is 2.70. The zero-order valence-electron chi connectivity index (χ0n) is 10.3. The number of halogens is 1. The van der Waals surface area contributed by atoms with Crippen molar-refractivity contribution in [3.05, 3.63) is 18.0 Å². The summed E-state index contributed by atoms with van der Waals surface area (Å²) in [4.78, 5) is 11.0. The summed E-state index contributed by atoms with van der Waals surface area (Å²) in [6.45, 7) is 8.60. The van der Waals surface area contributed by atoms with Crippen LogP contribution in [-0.4, -0.2) is 23.1 Å². The zero-order valence-corrected chi connectivity index (χ0v) is 11.9. The molecule has 0 fully saturated rings. The first-order valence-electron chi connectivity index (χ1n) is 5.83. The van der Waals surface area contributed by atoms with Crippen molar-refractivity contribution >= 4 is 21.9 Å². The fourth-order valence-electron chi connectivity index (χ4n) is 1.44. The topological polar surface area (TPSA) is 29.0 Å². The third-order valence-electron chi connectivity index (χ3n) is 2.74. The highest BCUT2D eigenvalue weighted by Crippen LogP contribution is 2.12. The van der Waals surface area contributed by atoms with Crippen molar-refractivity contribution in [1.82, 2.24) is 9.97 Å². The van der Waals surface area contributed by atoms with Crippen molar-refractivity contribution in [2.24, 2.45) is 5.92 Å². The molecule has 0 aliphatic carbocycles. The molecule has 16 heavy (non-hydrogen) atoms. The summed E-state index contributed by atoms with van der Waals surface area (Å²) in [5.41, 5.74) is 1.11. The van der Waals surface area contributed by atoms with Gasteiger partial charge in [-0.1, -0.05) is 36.2 Å². The third kappa shape index (κ3) is 3.74. The summed E-state index contributed by atoms with van der Waals surface area (Å²) in [6.07, 6.45) is 4.96. The monoisotopic (exact) mass is 285 g/mol. The van der Waals surface area contributed by atoms with Crippen LogP contribution in [0.15, 0.2) is 12.4 Å². The molecule has 0 N–H and O–H groups in total. The molecule has 1 heterocycles. The molecule has 1 unspecified atom stereocenters. The Morgan fingerprint density at radius 2 is 1.94 bits per heavy atom. The van der Waals surface area contributed by atoms with E-state index < -0.39 is 0 Å². The fourth-order valence-corrected chi connectivity index (χ4v) is 1.73. The number of rotatable bonds is 6. The van der Waals surface area contributed by atoms with Crippen LogP contribution in [0.1, 0.15) is 32.8 Å². The molecule has 0 saturated carbocycles. The summed E-state index contributed by atoms with van der Waals surface area (Å²) in [6, 6.07) is 0. The highest BCUT2D eigenvalue weighted by molar-refractivity contribution is 9.08. The van der Waals surface area contributed by atoms with Gasteiger partial charge in [0.05, 0.1) is 0 Å². The molecule has 0 bridgehead atoms. The molecule has 0 radical (unpaired) electrons. The van der Waals surface area contributed by atoms with Crippen LogP contribution in [-0.2, 0) is 5.33 Å². The van der Waals surface area contributed by atoms with E-state index in [1.807, 2.05) is 12.4 Å². The van der Waals surface area contributed by atoms with E-state index in [9.17, 15) is 0 Å². The third-order valence-corrected chi connectivity index (χ3v) is 3.39. The maximum atomic E-state index is 4.39. The molecule has 0 amide bonds. The zero-order chi connectivity index (χ0) is 12.0. The Hall–Kier alpha value is -0.640. The minimum absolute atomic E-state index is 0.680. The van der Waals surface area contributed by atoms with Crippen LogP contribution in [0, 0.1) is 5.92 Å². The van der Waals surface area contributed by atoms with Crippen LogP contribution in [0.25, 0.3) is 0 Å². The molecule has 0 aromatic carbocycles. The second-order valence-electron chi connectivity index (χ2n) is 4.08. The first-order chi connectivity index (χ1) is 7.71. The minimum Gasteiger partial charge on any atom is -0.341 e. The molecule has 1 aromatic rings. The van der Waals surface area contributed by atoms with Crippen LogP contribution in [0.4, 0.5) is 5.95 Å². The second-order valence-corrected chi connectivity index (χ2v) is 4.64. The van der Waals surface area contributed by atoms with E-state index in [1.165, 1.54) is 6.42 Å². The van der Waals surface area contributed by atoms with Gasteiger partial charge in [0.1, 0.15) is 0 Å². The number of aromatic nitrogens is 2. The van der Waals surface area contributed by atoms with Gasteiger partial charge < -0.3 is 4.90 Å². The van der Waals surface area contributed by atoms with Gasteiger partial charge >= 0.3 is 0 Å². The SMILES string of the molecule is CCC(C)CN(CC)c1ncc(CBr)cn1. The predicted octanol–water partition coefficient (Wildman–Crippen LogP) is 3.24. The highest BCUT2D eigenvalue weighted by atomic mass is 79.9. The standard InChI is InChI=1S/C12H20BrN3/c1-4-10(3)9-16(5-2)12-14-7-11(6-13)8-15-12/h7-8,10H,4-6,9H2,1-3H3. The van der Waals surface area contributed by atoms with Gasteiger partial charge in [0.25, 0.3) is 0 Å². The minimum atomic E-state index is 0.680. The van der Waals surface area contributed by atoms with Gasteiger partial charge in [-0.15, -0.1) is 0 Å². The van der Waals surface area contributed by atoms with Gasteiger partial charge in [-0.2, -0.15) is 0 Å². The molecule has 0 aliphatic heterocycles. The van der Waals surface area contributed by atoms with E-state index in [2.05, 4.69) is 51.6 Å². The number of anilines is 1. The first kappa shape index (κ1) is 13.4. The maximum absolute atomic E-state index is 4.39. The average molecular weight is 286 g/mol. The van der Waals surface area contributed by atoms with Gasteiger partial charge in [-0.25, -0.2) is 9.97 Å². The summed E-state index contributed by atoms with van der Waals surface area (Å²) in [7, 11) is 0. The summed E-state index contributed by atoms with van der Waals surface area (Å²) >= 11 is 3.39. The molecule has 0 spiro atoms. The smallest absolute Gasteiger partial charge is 0.225 e. The lowest BCUT2D eigenvalue weighted by atomic mass is 10.1. The van der Waals surface area contributed by atoms with E-state index in [4.69, 9.17) is 0 Å². The Kier molecular flexibility index (Phi) is 5.74. The van der Waals surface area contributed by atoms with Crippen molar-refractivity contribution in [2.45, 2.75) is 32.5 Å². The van der Waals surface area contributed by atoms with Gasteiger partial charge in [-0.05, 0) is 18.4 Å². The number of hydrogen-bond donors (Lipinski definition) is 0.